The van der Waals surface area contributed by atoms with Gasteiger partial charge >= 0.3 is 0 Å². The highest BCUT2D eigenvalue weighted by molar-refractivity contribution is 5.46. The van der Waals surface area contributed by atoms with Gasteiger partial charge in [-0.2, -0.15) is 0 Å². The third kappa shape index (κ3) is 3.90. The molecule has 0 unspecified atom stereocenters. The van der Waals surface area contributed by atoms with Crippen molar-refractivity contribution >= 4 is 5.69 Å². The second-order valence-corrected chi connectivity index (χ2v) is 5.23. The number of methoxy groups -OCH3 is 1. The van der Waals surface area contributed by atoms with Crippen LogP contribution in [0.15, 0.2) is 23.1 Å². The molecule has 6 heteroatoms. The highest BCUT2D eigenvalue weighted by Gasteiger charge is 2.09. The average molecular weight is 317 g/mol. The van der Waals surface area contributed by atoms with Gasteiger partial charge in [-0.1, -0.05) is 13.8 Å². The number of nitrogens with zero attached hydrogens (tertiary/aromatic N) is 1. The number of pyridine rings is 2. The fraction of sp³-hybridized carbons (Fsp3) is 0.412. The molecular weight excluding hydrogens is 294 g/mol. The van der Waals surface area contributed by atoms with Crippen molar-refractivity contribution in [2.45, 2.75) is 39.8 Å². The second kappa shape index (κ2) is 7.78. The molecule has 6 nitrogen and oxygen atoms in total. The second-order valence-electron chi connectivity index (χ2n) is 5.23. The molecule has 0 atom stereocenters. The fourth-order valence-corrected chi connectivity index (χ4v) is 2.39. The van der Waals surface area contributed by atoms with Gasteiger partial charge in [-0.15, -0.1) is 0 Å². The molecule has 0 bridgehead atoms. The number of aryl methyl sites for hydroxylation is 2. The monoisotopic (exact) mass is 317 g/mol. The minimum atomic E-state index is -0.254. The molecule has 0 aliphatic rings. The Bertz CT molecular complexity index is 726. The van der Waals surface area contributed by atoms with Gasteiger partial charge < -0.3 is 20.1 Å². The van der Waals surface area contributed by atoms with Gasteiger partial charge in [0.25, 0.3) is 5.56 Å². The summed E-state index contributed by atoms with van der Waals surface area (Å²) in [7, 11) is 1.61. The van der Waals surface area contributed by atoms with Crippen molar-refractivity contribution in [1.82, 2.24) is 9.97 Å². The summed E-state index contributed by atoms with van der Waals surface area (Å²) in [4.78, 5) is 19.2. The van der Waals surface area contributed by atoms with Crippen molar-refractivity contribution in [3.8, 4) is 5.75 Å². The number of aliphatic hydroxyl groups excluding tert-OH is 1. The van der Waals surface area contributed by atoms with Crippen molar-refractivity contribution in [2.75, 3.05) is 12.4 Å². The first-order chi connectivity index (χ1) is 11.1. The molecule has 0 saturated heterocycles. The Morgan fingerprint density at radius 2 is 2.09 bits per heavy atom. The summed E-state index contributed by atoms with van der Waals surface area (Å²) in [5, 5.41) is 12.4. The van der Waals surface area contributed by atoms with Crippen LogP contribution in [0, 0.1) is 0 Å². The van der Waals surface area contributed by atoms with E-state index >= 15 is 0 Å². The molecule has 0 aromatic carbocycles. The highest BCUT2D eigenvalue weighted by Crippen LogP contribution is 2.19. The van der Waals surface area contributed by atoms with Crippen LogP contribution in [0.2, 0.25) is 0 Å². The Labute approximate surface area is 135 Å². The van der Waals surface area contributed by atoms with Gasteiger partial charge in [0, 0.05) is 11.9 Å². The SMILES string of the molecule is CCc1cnc(CNc2cc(CC)c(CO)[nH]c2=O)c(OC)c1. The number of aromatic nitrogens is 2. The van der Waals surface area contributed by atoms with Gasteiger partial charge in [-0.25, -0.2) is 0 Å². The summed E-state index contributed by atoms with van der Waals surface area (Å²) < 4.78 is 5.37. The number of rotatable bonds is 7. The number of anilines is 1. The molecule has 0 fully saturated rings. The molecule has 2 aromatic heterocycles. The number of hydrogen-bond donors (Lipinski definition) is 3. The van der Waals surface area contributed by atoms with Crippen LogP contribution in [0.3, 0.4) is 0 Å². The molecule has 3 N–H and O–H groups in total. The van der Waals surface area contributed by atoms with Gasteiger partial charge in [0.1, 0.15) is 17.1 Å². The molecule has 2 aromatic rings. The van der Waals surface area contributed by atoms with E-state index in [1.54, 1.807) is 13.2 Å². The third-order valence-electron chi connectivity index (χ3n) is 3.82. The summed E-state index contributed by atoms with van der Waals surface area (Å²) >= 11 is 0. The van der Waals surface area contributed by atoms with Gasteiger partial charge in [-0.05, 0) is 36.1 Å². The standard InChI is InChI=1S/C17H23N3O3/c1-4-11-6-16(23-3)14(18-8-11)9-19-13-7-12(5-2)15(10-21)20-17(13)22/h6-8,19,21H,4-5,9-10H2,1-3H3,(H,20,22). The van der Waals surface area contributed by atoms with E-state index < -0.39 is 0 Å². The van der Waals surface area contributed by atoms with Crippen molar-refractivity contribution in [3.63, 3.8) is 0 Å². The Kier molecular flexibility index (Phi) is 5.76. The fourth-order valence-electron chi connectivity index (χ4n) is 2.39. The van der Waals surface area contributed by atoms with Crippen molar-refractivity contribution < 1.29 is 9.84 Å². The zero-order valence-electron chi connectivity index (χ0n) is 13.8. The van der Waals surface area contributed by atoms with E-state index in [9.17, 15) is 9.90 Å². The van der Waals surface area contributed by atoms with E-state index in [0.29, 0.717) is 23.7 Å². The van der Waals surface area contributed by atoms with E-state index in [-0.39, 0.29) is 12.2 Å². The first-order valence-electron chi connectivity index (χ1n) is 7.74. The van der Waals surface area contributed by atoms with E-state index in [0.717, 1.165) is 29.7 Å². The minimum Gasteiger partial charge on any atom is -0.495 e. The zero-order valence-corrected chi connectivity index (χ0v) is 13.8. The topological polar surface area (TPSA) is 87.2 Å². The Morgan fingerprint density at radius 1 is 1.30 bits per heavy atom. The lowest BCUT2D eigenvalue weighted by Gasteiger charge is -2.12. The normalized spacial score (nSPS) is 10.6. The van der Waals surface area contributed by atoms with Gasteiger partial charge in [0.2, 0.25) is 0 Å². The van der Waals surface area contributed by atoms with Crippen molar-refractivity contribution in [1.29, 1.82) is 0 Å². The molecule has 0 aliphatic carbocycles. The van der Waals surface area contributed by atoms with Crippen molar-refractivity contribution in [2.24, 2.45) is 0 Å². The van der Waals surface area contributed by atoms with Gasteiger partial charge in [0.05, 0.1) is 20.3 Å². The quantitative estimate of drug-likeness (QED) is 0.727. The van der Waals surface area contributed by atoms with E-state index in [1.165, 1.54) is 0 Å². The lowest BCUT2D eigenvalue weighted by molar-refractivity contribution is 0.275. The molecule has 0 spiro atoms. The predicted octanol–water partition coefficient (Wildman–Crippen LogP) is 2.01. The van der Waals surface area contributed by atoms with Crippen LogP contribution in [-0.2, 0) is 26.0 Å². The van der Waals surface area contributed by atoms with Crippen LogP contribution in [0.5, 0.6) is 5.75 Å². The third-order valence-corrected chi connectivity index (χ3v) is 3.82. The van der Waals surface area contributed by atoms with Crippen molar-refractivity contribution in [3.05, 3.63) is 51.2 Å². The predicted molar refractivity (Wildman–Crippen MR) is 89.9 cm³/mol. The smallest absolute Gasteiger partial charge is 0.271 e. The molecule has 0 radical (unpaired) electrons. The van der Waals surface area contributed by atoms with E-state index in [4.69, 9.17) is 4.74 Å². The lowest BCUT2D eigenvalue weighted by Crippen LogP contribution is -2.18. The summed E-state index contributed by atoms with van der Waals surface area (Å²) in [6.07, 6.45) is 3.43. The average Bonchev–Trinajstić information content (AvgIpc) is 2.60. The van der Waals surface area contributed by atoms with E-state index in [2.05, 4.69) is 22.2 Å². The van der Waals surface area contributed by atoms with Crippen LogP contribution in [0.1, 0.15) is 36.4 Å². The van der Waals surface area contributed by atoms with Gasteiger partial charge in [-0.3, -0.25) is 9.78 Å². The molecule has 2 rings (SSSR count). The maximum atomic E-state index is 12.1. The Balaban J connectivity index is 2.23. The number of H-pyrrole nitrogens is 1. The number of hydrogen-bond acceptors (Lipinski definition) is 5. The maximum Gasteiger partial charge on any atom is 0.271 e. The van der Waals surface area contributed by atoms with Crippen LogP contribution in [0.4, 0.5) is 5.69 Å². The molecule has 0 saturated carbocycles. The zero-order chi connectivity index (χ0) is 16.8. The summed E-state index contributed by atoms with van der Waals surface area (Å²) in [6.45, 7) is 4.25. The number of nitrogens with one attached hydrogen (secondary N) is 2. The van der Waals surface area contributed by atoms with Crippen LogP contribution < -0.4 is 15.6 Å². The Morgan fingerprint density at radius 3 is 2.70 bits per heavy atom. The van der Waals surface area contributed by atoms with Crippen LogP contribution >= 0.6 is 0 Å². The first-order valence-corrected chi connectivity index (χ1v) is 7.74. The summed E-state index contributed by atoms with van der Waals surface area (Å²) in [5.41, 5.74) is 3.53. The number of aliphatic hydroxyl groups is 1. The van der Waals surface area contributed by atoms with Gasteiger partial charge in [0.15, 0.2) is 0 Å². The molecule has 124 valence electrons. The molecule has 0 amide bonds. The lowest BCUT2D eigenvalue weighted by atomic mass is 10.1. The minimum absolute atomic E-state index is 0.174. The molecule has 2 heterocycles. The molecular formula is C17H23N3O3. The number of aromatic amines is 1. The summed E-state index contributed by atoms with van der Waals surface area (Å²) in [6, 6.07) is 3.73. The summed E-state index contributed by atoms with van der Waals surface area (Å²) in [5.74, 6) is 0.705. The van der Waals surface area contributed by atoms with E-state index in [1.807, 2.05) is 19.2 Å². The number of ether oxygens (including phenoxy) is 1. The molecule has 0 aliphatic heterocycles. The van der Waals surface area contributed by atoms with Crippen LogP contribution in [-0.4, -0.2) is 22.2 Å². The first kappa shape index (κ1) is 17.0. The highest BCUT2D eigenvalue weighted by atomic mass is 16.5. The maximum absolute atomic E-state index is 12.1. The van der Waals surface area contributed by atoms with Crippen LogP contribution in [0.25, 0.3) is 0 Å². The largest absolute Gasteiger partial charge is 0.495 e. The Hall–Kier alpha value is -2.34. The molecule has 23 heavy (non-hydrogen) atoms.